The molecule has 0 spiro atoms. The summed E-state index contributed by atoms with van der Waals surface area (Å²) < 4.78 is 10.9. The molecular weight excluding hydrogens is 280 g/mol. The van der Waals surface area contributed by atoms with E-state index in [1.807, 2.05) is 19.1 Å². The largest absolute Gasteiger partial charge is 0.437 e. The maximum Gasteiger partial charge on any atom is 0.224 e. The Kier molecular flexibility index (Phi) is 5.11. The van der Waals surface area contributed by atoms with Crippen molar-refractivity contribution in [2.24, 2.45) is 5.84 Å². The number of hydrogen-bond donors (Lipinski definition) is 2. The number of para-hydroxylation sites is 1. The molecule has 106 valence electrons. The lowest BCUT2D eigenvalue weighted by atomic mass is 10.3. The second-order valence-corrected chi connectivity index (χ2v) is 4.23. The van der Waals surface area contributed by atoms with E-state index >= 15 is 0 Å². The van der Waals surface area contributed by atoms with Gasteiger partial charge in [-0.2, -0.15) is 4.98 Å². The molecule has 0 fully saturated rings. The molecule has 0 unspecified atom stereocenters. The molecule has 6 nitrogen and oxygen atoms in total. The summed E-state index contributed by atoms with van der Waals surface area (Å²) in [4.78, 5) is 8.41. The van der Waals surface area contributed by atoms with Gasteiger partial charge in [0, 0.05) is 12.7 Å². The van der Waals surface area contributed by atoms with E-state index in [0.717, 1.165) is 0 Å². The summed E-state index contributed by atoms with van der Waals surface area (Å²) in [6, 6.07) is 8.72. The van der Waals surface area contributed by atoms with Gasteiger partial charge < -0.3 is 14.9 Å². The number of nitrogens with one attached hydrogen (secondary N) is 1. The molecule has 1 aromatic heterocycles. The molecule has 0 aliphatic carbocycles. The summed E-state index contributed by atoms with van der Waals surface area (Å²) >= 11 is 6.04. The van der Waals surface area contributed by atoms with Crippen molar-refractivity contribution in [2.45, 2.75) is 13.5 Å². The molecule has 2 rings (SSSR count). The zero-order valence-electron chi connectivity index (χ0n) is 11.0. The number of nitrogen functional groups attached to an aromatic ring is 1. The Balaban J connectivity index is 2.24. The highest BCUT2D eigenvalue weighted by molar-refractivity contribution is 6.32. The molecule has 7 heteroatoms. The van der Waals surface area contributed by atoms with Crippen LogP contribution in [0, 0.1) is 0 Å². The van der Waals surface area contributed by atoms with Crippen molar-refractivity contribution in [2.75, 3.05) is 12.0 Å². The van der Waals surface area contributed by atoms with Gasteiger partial charge in [0.2, 0.25) is 5.88 Å². The van der Waals surface area contributed by atoms with Crippen LogP contribution in [-0.4, -0.2) is 16.6 Å². The van der Waals surface area contributed by atoms with Gasteiger partial charge >= 0.3 is 0 Å². The normalized spacial score (nSPS) is 10.3. The van der Waals surface area contributed by atoms with Crippen LogP contribution in [0.1, 0.15) is 12.7 Å². The van der Waals surface area contributed by atoms with Crippen LogP contribution in [0.4, 0.5) is 5.82 Å². The predicted molar refractivity (Wildman–Crippen MR) is 76.7 cm³/mol. The van der Waals surface area contributed by atoms with Gasteiger partial charge in [-0.25, -0.2) is 10.8 Å². The summed E-state index contributed by atoms with van der Waals surface area (Å²) in [6.45, 7) is 2.75. The zero-order valence-corrected chi connectivity index (χ0v) is 11.7. The molecule has 0 saturated carbocycles. The summed E-state index contributed by atoms with van der Waals surface area (Å²) in [5, 5.41) is 0.500. The summed E-state index contributed by atoms with van der Waals surface area (Å²) in [7, 11) is 0. The van der Waals surface area contributed by atoms with Crippen LogP contribution in [0.15, 0.2) is 30.3 Å². The standard InChI is InChI=1S/C13H15ClN4O2/c1-2-19-8-12-16-11(18-15)7-13(17-12)20-10-6-4-3-5-9(10)14/h3-7H,2,8,15H2,1H3,(H,16,17,18). The molecule has 0 amide bonds. The summed E-state index contributed by atoms with van der Waals surface area (Å²) in [6.07, 6.45) is 0. The predicted octanol–water partition coefficient (Wildman–Crippen LogP) is 2.74. The van der Waals surface area contributed by atoms with E-state index in [0.29, 0.717) is 34.9 Å². The average Bonchev–Trinajstić information content (AvgIpc) is 2.47. The van der Waals surface area contributed by atoms with Crippen LogP contribution in [-0.2, 0) is 11.3 Å². The third-order valence-electron chi connectivity index (χ3n) is 2.38. The first-order valence-corrected chi connectivity index (χ1v) is 6.45. The lowest BCUT2D eigenvalue weighted by Crippen LogP contribution is -2.11. The average molecular weight is 295 g/mol. The smallest absolute Gasteiger partial charge is 0.224 e. The van der Waals surface area contributed by atoms with Crippen molar-refractivity contribution >= 4 is 17.4 Å². The van der Waals surface area contributed by atoms with Gasteiger partial charge in [-0.15, -0.1) is 0 Å². The second-order valence-electron chi connectivity index (χ2n) is 3.82. The molecule has 3 N–H and O–H groups in total. The van der Waals surface area contributed by atoms with Crippen LogP contribution in [0.2, 0.25) is 5.02 Å². The van der Waals surface area contributed by atoms with E-state index in [1.165, 1.54) is 0 Å². The van der Waals surface area contributed by atoms with Gasteiger partial charge in [0.1, 0.15) is 18.2 Å². The fourth-order valence-electron chi connectivity index (χ4n) is 1.50. The Morgan fingerprint density at radius 3 is 2.80 bits per heavy atom. The fourth-order valence-corrected chi connectivity index (χ4v) is 1.67. The monoisotopic (exact) mass is 294 g/mol. The summed E-state index contributed by atoms with van der Waals surface area (Å²) in [5.41, 5.74) is 2.46. The minimum Gasteiger partial charge on any atom is -0.437 e. The molecule has 1 heterocycles. The number of halogens is 1. The van der Waals surface area contributed by atoms with Gasteiger partial charge in [0.25, 0.3) is 0 Å². The third-order valence-corrected chi connectivity index (χ3v) is 2.70. The molecule has 20 heavy (non-hydrogen) atoms. The van der Waals surface area contributed by atoms with E-state index in [1.54, 1.807) is 18.2 Å². The number of aromatic nitrogens is 2. The van der Waals surface area contributed by atoms with Crippen molar-refractivity contribution in [3.63, 3.8) is 0 Å². The quantitative estimate of drug-likeness (QED) is 0.630. The van der Waals surface area contributed by atoms with Crippen molar-refractivity contribution in [1.29, 1.82) is 0 Å². The topological polar surface area (TPSA) is 82.3 Å². The van der Waals surface area contributed by atoms with Gasteiger partial charge in [-0.05, 0) is 19.1 Å². The van der Waals surface area contributed by atoms with Gasteiger partial charge in [0.15, 0.2) is 5.82 Å². The third kappa shape index (κ3) is 3.80. The maximum atomic E-state index is 6.04. The van der Waals surface area contributed by atoms with Gasteiger partial charge in [-0.3, -0.25) is 0 Å². The van der Waals surface area contributed by atoms with Crippen LogP contribution in [0.5, 0.6) is 11.6 Å². The molecule has 0 bridgehead atoms. The minimum atomic E-state index is 0.283. The molecule has 0 aliphatic heterocycles. The van der Waals surface area contributed by atoms with Crippen LogP contribution in [0.25, 0.3) is 0 Å². The Labute approximate surface area is 121 Å². The molecule has 0 saturated heterocycles. The molecule has 1 aromatic carbocycles. The zero-order chi connectivity index (χ0) is 14.4. The molecule has 2 aromatic rings. The molecule has 0 aliphatic rings. The number of ether oxygens (including phenoxy) is 2. The first kappa shape index (κ1) is 14.5. The number of nitrogens with zero attached hydrogens (tertiary/aromatic N) is 2. The van der Waals surface area contributed by atoms with E-state index in [4.69, 9.17) is 26.9 Å². The van der Waals surface area contributed by atoms with Crippen LogP contribution >= 0.6 is 11.6 Å². The number of benzene rings is 1. The van der Waals surface area contributed by atoms with Crippen molar-refractivity contribution < 1.29 is 9.47 Å². The molecular formula is C13H15ClN4O2. The molecule has 0 radical (unpaired) electrons. The second kappa shape index (κ2) is 7.04. The maximum absolute atomic E-state index is 6.04. The Hall–Kier alpha value is -1.89. The van der Waals surface area contributed by atoms with Gasteiger partial charge in [-0.1, -0.05) is 23.7 Å². The number of nitrogens with two attached hydrogens (primary N) is 1. The highest BCUT2D eigenvalue weighted by Gasteiger charge is 2.08. The van der Waals surface area contributed by atoms with E-state index in [2.05, 4.69) is 15.4 Å². The van der Waals surface area contributed by atoms with Gasteiger partial charge in [0.05, 0.1) is 5.02 Å². The van der Waals surface area contributed by atoms with Crippen LogP contribution in [0.3, 0.4) is 0 Å². The van der Waals surface area contributed by atoms with Crippen LogP contribution < -0.4 is 16.0 Å². The van der Waals surface area contributed by atoms with Crippen molar-refractivity contribution in [1.82, 2.24) is 9.97 Å². The highest BCUT2D eigenvalue weighted by Crippen LogP contribution is 2.28. The number of rotatable bonds is 6. The van der Waals surface area contributed by atoms with E-state index in [9.17, 15) is 0 Å². The van der Waals surface area contributed by atoms with Crippen molar-refractivity contribution in [3.8, 4) is 11.6 Å². The SMILES string of the molecule is CCOCc1nc(NN)cc(Oc2ccccc2Cl)n1. The first-order valence-electron chi connectivity index (χ1n) is 6.07. The number of anilines is 1. The number of hydrogen-bond acceptors (Lipinski definition) is 6. The Morgan fingerprint density at radius 1 is 1.30 bits per heavy atom. The van der Waals surface area contributed by atoms with E-state index < -0.39 is 0 Å². The number of hydrazine groups is 1. The fraction of sp³-hybridized carbons (Fsp3) is 0.231. The summed E-state index contributed by atoms with van der Waals surface area (Å²) in [5.74, 6) is 7.15. The molecule has 0 atom stereocenters. The Morgan fingerprint density at radius 2 is 2.10 bits per heavy atom. The van der Waals surface area contributed by atoms with E-state index in [-0.39, 0.29) is 6.61 Å². The first-order chi connectivity index (χ1) is 9.72. The lowest BCUT2D eigenvalue weighted by Gasteiger charge is -2.09. The highest BCUT2D eigenvalue weighted by atomic mass is 35.5. The lowest BCUT2D eigenvalue weighted by molar-refractivity contribution is 0.128. The minimum absolute atomic E-state index is 0.283. The van der Waals surface area contributed by atoms with Crippen molar-refractivity contribution in [3.05, 3.63) is 41.2 Å². The Bertz CT molecular complexity index is 580.